The van der Waals surface area contributed by atoms with Gasteiger partial charge in [-0.1, -0.05) is 18.2 Å². The maximum absolute atomic E-state index is 11.6. The van der Waals surface area contributed by atoms with Gasteiger partial charge in [-0.3, -0.25) is 4.79 Å². The van der Waals surface area contributed by atoms with Gasteiger partial charge in [0.1, 0.15) is 0 Å². The molecule has 0 amide bonds. The lowest BCUT2D eigenvalue weighted by Crippen LogP contribution is -2.12. The van der Waals surface area contributed by atoms with Gasteiger partial charge in [0.25, 0.3) is 0 Å². The number of methoxy groups -OCH3 is 1. The Morgan fingerprint density at radius 1 is 1.32 bits per heavy atom. The first-order valence-corrected chi connectivity index (χ1v) is 5.40. The quantitative estimate of drug-likeness (QED) is 0.610. The van der Waals surface area contributed by atoms with E-state index >= 15 is 0 Å². The molecule has 0 saturated carbocycles. The zero-order valence-corrected chi connectivity index (χ0v) is 10.6. The van der Waals surface area contributed by atoms with Crippen molar-refractivity contribution in [2.24, 2.45) is 0 Å². The number of rotatable bonds is 3. The molecule has 0 bridgehead atoms. The Kier molecular flexibility index (Phi) is 5.19. The molecule has 96 valence electrons. The molecule has 0 spiro atoms. The van der Waals surface area contributed by atoms with Gasteiger partial charge < -0.3 is 9.47 Å². The van der Waals surface area contributed by atoms with Crippen LogP contribution in [0.15, 0.2) is 24.3 Å². The van der Waals surface area contributed by atoms with E-state index in [1.807, 2.05) is 0 Å². The number of esters is 2. The smallest absolute Gasteiger partial charge is 0.338 e. The normalized spacial score (nSPS) is 10.4. The topological polar surface area (TPSA) is 52.6 Å². The minimum Gasteiger partial charge on any atom is -0.465 e. The maximum atomic E-state index is 11.6. The van der Waals surface area contributed by atoms with Crippen LogP contribution in [0.5, 0.6) is 0 Å². The van der Waals surface area contributed by atoms with Crippen molar-refractivity contribution in [1.29, 1.82) is 0 Å². The zero-order valence-electron chi connectivity index (χ0n) is 10.6. The highest BCUT2D eigenvalue weighted by atomic mass is 16.5. The molecule has 1 aromatic rings. The number of hydrogen-bond acceptors (Lipinski definition) is 4. The molecule has 0 fully saturated rings. The van der Waals surface area contributed by atoms with Gasteiger partial charge in [0.05, 0.1) is 12.7 Å². The Morgan fingerprint density at radius 3 is 2.58 bits per heavy atom. The second-order valence-corrected chi connectivity index (χ2v) is 3.48. The van der Waals surface area contributed by atoms with Gasteiger partial charge >= 0.3 is 11.9 Å². The van der Waals surface area contributed by atoms with E-state index in [0.717, 1.165) is 0 Å². The Balaban J connectivity index is 3.26. The molecule has 0 aromatic heterocycles. The Labute approximate surface area is 111 Å². The van der Waals surface area contributed by atoms with Gasteiger partial charge in [0.2, 0.25) is 0 Å². The van der Waals surface area contributed by atoms with E-state index in [-0.39, 0.29) is 5.56 Å². The molecule has 19 heavy (non-hydrogen) atoms. The van der Waals surface area contributed by atoms with Crippen LogP contribution in [0.2, 0.25) is 0 Å². The van der Waals surface area contributed by atoms with Crippen molar-refractivity contribution in [2.75, 3.05) is 7.11 Å². The summed E-state index contributed by atoms with van der Waals surface area (Å²) in [6.45, 7) is 1.26. The zero-order chi connectivity index (χ0) is 14.3. The van der Waals surface area contributed by atoms with Crippen molar-refractivity contribution in [3.05, 3.63) is 35.4 Å². The van der Waals surface area contributed by atoms with E-state index in [0.29, 0.717) is 5.56 Å². The molecule has 0 N–H and O–H groups in total. The Hall–Kier alpha value is -2.72. The predicted octanol–water partition coefficient (Wildman–Crippen LogP) is 1.71. The SMILES string of the molecule is C#CC#CC(OC(C)=O)c1ccccc1C(=O)OC. The monoisotopic (exact) mass is 256 g/mol. The van der Waals surface area contributed by atoms with E-state index in [4.69, 9.17) is 11.2 Å². The van der Waals surface area contributed by atoms with E-state index < -0.39 is 18.0 Å². The van der Waals surface area contributed by atoms with Crippen LogP contribution in [0.1, 0.15) is 28.9 Å². The van der Waals surface area contributed by atoms with Crippen molar-refractivity contribution in [3.63, 3.8) is 0 Å². The van der Waals surface area contributed by atoms with E-state index in [1.54, 1.807) is 24.3 Å². The summed E-state index contributed by atoms with van der Waals surface area (Å²) < 4.78 is 9.73. The molecule has 0 aliphatic heterocycles. The highest BCUT2D eigenvalue weighted by Crippen LogP contribution is 2.22. The molecular formula is C15H12O4. The number of terminal acetylenes is 1. The average molecular weight is 256 g/mol. The van der Waals surface area contributed by atoms with E-state index in [2.05, 4.69) is 22.5 Å². The first-order valence-electron chi connectivity index (χ1n) is 5.40. The van der Waals surface area contributed by atoms with Gasteiger partial charge in [0, 0.05) is 12.5 Å². The fourth-order valence-corrected chi connectivity index (χ4v) is 1.47. The number of carbonyl (C=O) groups excluding carboxylic acids is 2. The predicted molar refractivity (Wildman–Crippen MR) is 68.9 cm³/mol. The fourth-order valence-electron chi connectivity index (χ4n) is 1.47. The van der Waals surface area contributed by atoms with Gasteiger partial charge in [-0.15, -0.1) is 6.42 Å². The summed E-state index contributed by atoms with van der Waals surface area (Å²) in [5.41, 5.74) is 0.717. The largest absolute Gasteiger partial charge is 0.465 e. The number of carbonyl (C=O) groups is 2. The van der Waals surface area contributed by atoms with Crippen LogP contribution in [-0.4, -0.2) is 19.0 Å². The number of ether oxygens (including phenoxy) is 2. The second-order valence-electron chi connectivity index (χ2n) is 3.48. The standard InChI is InChI=1S/C15H12O4/c1-4-5-10-14(19-11(2)16)12-8-6-7-9-13(12)15(17)18-3/h1,6-9,14H,2-3H3. The number of benzene rings is 1. The lowest BCUT2D eigenvalue weighted by molar-refractivity contribution is -0.144. The number of hydrogen-bond donors (Lipinski definition) is 0. The summed E-state index contributed by atoms with van der Waals surface area (Å²) in [4.78, 5) is 22.7. The average Bonchev–Trinajstić information content (AvgIpc) is 2.42. The van der Waals surface area contributed by atoms with Gasteiger partial charge in [-0.2, -0.15) is 0 Å². The van der Waals surface area contributed by atoms with Crippen LogP contribution in [0, 0.1) is 24.2 Å². The molecule has 0 heterocycles. The third kappa shape index (κ3) is 3.90. The summed E-state index contributed by atoms with van der Waals surface area (Å²) in [7, 11) is 1.27. The summed E-state index contributed by atoms with van der Waals surface area (Å²) >= 11 is 0. The van der Waals surface area contributed by atoms with Crippen LogP contribution in [-0.2, 0) is 14.3 Å². The molecular weight excluding hydrogens is 244 g/mol. The second kappa shape index (κ2) is 6.88. The fraction of sp³-hybridized carbons (Fsp3) is 0.200. The van der Waals surface area contributed by atoms with Crippen LogP contribution in [0.25, 0.3) is 0 Å². The first-order chi connectivity index (χ1) is 9.10. The van der Waals surface area contributed by atoms with Crippen molar-refractivity contribution >= 4 is 11.9 Å². The molecule has 4 heteroatoms. The van der Waals surface area contributed by atoms with Crippen molar-refractivity contribution in [3.8, 4) is 24.2 Å². The Bertz CT molecular complexity index is 584. The van der Waals surface area contributed by atoms with Gasteiger partial charge in [0.15, 0.2) is 6.10 Å². The van der Waals surface area contributed by atoms with Crippen molar-refractivity contribution in [2.45, 2.75) is 13.0 Å². The minimum atomic E-state index is -0.899. The minimum absolute atomic E-state index is 0.280. The maximum Gasteiger partial charge on any atom is 0.338 e. The highest BCUT2D eigenvalue weighted by Gasteiger charge is 2.20. The van der Waals surface area contributed by atoms with Crippen molar-refractivity contribution in [1.82, 2.24) is 0 Å². The molecule has 0 aliphatic carbocycles. The van der Waals surface area contributed by atoms with E-state index in [1.165, 1.54) is 14.0 Å². The lowest BCUT2D eigenvalue weighted by Gasteiger charge is -2.14. The molecule has 1 unspecified atom stereocenters. The lowest BCUT2D eigenvalue weighted by atomic mass is 10.0. The Morgan fingerprint density at radius 2 is 2.00 bits per heavy atom. The third-order valence-electron chi connectivity index (χ3n) is 2.21. The van der Waals surface area contributed by atoms with Crippen LogP contribution in [0.3, 0.4) is 0 Å². The summed E-state index contributed by atoms with van der Waals surface area (Å²) in [5, 5.41) is 0. The summed E-state index contributed by atoms with van der Waals surface area (Å²) in [5.74, 6) is 6.07. The molecule has 1 atom stereocenters. The van der Waals surface area contributed by atoms with E-state index in [9.17, 15) is 9.59 Å². The van der Waals surface area contributed by atoms with Crippen LogP contribution in [0.4, 0.5) is 0 Å². The van der Waals surface area contributed by atoms with Gasteiger partial charge in [-0.25, -0.2) is 4.79 Å². The first kappa shape index (κ1) is 14.3. The van der Waals surface area contributed by atoms with Gasteiger partial charge in [-0.05, 0) is 23.8 Å². The molecule has 4 nitrogen and oxygen atoms in total. The molecule has 0 saturated heterocycles. The van der Waals surface area contributed by atoms with Crippen molar-refractivity contribution < 1.29 is 19.1 Å². The van der Waals surface area contributed by atoms with Crippen LogP contribution < -0.4 is 0 Å². The molecule has 0 aliphatic rings. The third-order valence-corrected chi connectivity index (χ3v) is 2.21. The molecule has 1 rings (SSSR count). The molecule has 1 aromatic carbocycles. The highest BCUT2D eigenvalue weighted by molar-refractivity contribution is 5.91. The van der Waals surface area contributed by atoms with Crippen LogP contribution >= 0.6 is 0 Å². The summed E-state index contributed by atoms with van der Waals surface area (Å²) in [6, 6.07) is 6.57. The molecule has 0 radical (unpaired) electrons. The summed E-state index contributed by atoms with van der Waals surface area (Å²) in [6.07, 6.45) is 4.15.